The van der Waals surface area contributed by atoms with E-state index in [9.17, 15) is 8.42 Å². The van der Waals surface area contributed by atoms with Crippen molar-refractivity contribution in [1.82, 2.24) is 10.2 Å². The van der Waals surface area contributed by atoms with Crippen molar-refractivity contribution in [3.8, 4) is 0 Å². The van der Waals surface area contributed by atoms with Crippen LogP contribution in [0.4, 0.5) is 11.4 Å². The first kappa shape index (κ1) is 15.9. The number of hydrogen-bond donors (Lipinski definition) is 2. The normalized spacial score (nSPS) is 15.7. The van der Waals surface area contributed by atoms with Gasteiger partial charge >= 0.3 is 0 Å². The van der Waals surface area contributed by atoms with Crippen LogP contribution in [0.25, 0.3) is 0 Å². The molecule has 6 nitrogen and oxygen atoms in total. The first-order chi connectivity index (χ1) is 11.0. The number of sulfonamides is 1. The summed E-state index contributed by atoms with van der Waals surface area (Å²) in [6.07, 6.45) is 3.63. The molecule has 1 fully saturated rings. The molecule has 2 N–H and O–H groups in total. The van der Waals surface area contributed by atoms with Crippen LogP contribution in [0.15, 0.2) is 29.2 Å². The van der Waals surface area contributed by atoms with Crippen molar-refractivity contribution < 1.29 is 8.42 Å². The van der Waals surface area contributed by atoms with Gasteiger partial charge in [0, 0.05) is 18.8 Å². The Morgan fingerprint density at radius 1 is 1.17 bits per heavy atom. The average molecular weight is 334 g/mol. The Hall–Kier alpha value is -2.02. The van der Waals surface area contributed by atoms with Crippen molar-refractivity contribution >= 4 is 21.4 Å². The average Bonchev–Trinajstić information content (AvgIpc) is 2.88. The Balaban J connectivity index is 1.85. The largest absolute Gasteiger partial charge is 0.371 e. The van der Waals surface area contributed by atoms with Gasteiger partial charge in [0.25, 0.3) is 10.0 Å². The van der Waals surface area contributed by atoms with E-state index in [2.05, 4.69) is 19.8 Å². The quantitative estimate of drug-likeness (QED) is 0.901. The number of piperidine rings is 1. The second-order valence-corrected chi connectivity index (χ2v) is 7.59. The fraction of sp³-hybridized carbons (Fsp3) is 0.438. The number of benzene rings is 1. The molecule has 0 atom stereocenters. The van der Waals surface area contributed by atoms with Gasteiger partial charge in [-0.2, -0.15) is 5.10 Å². The van der Waals surface area contributed by atoms with Crippen LogP contribution in [0.1, 0.15) is 30.7 Å². The Morgan fingerprint density at radius 2 is 1.91 bits per heavy atom. The van der Waals surface area contributed by atoms with Gasteiger partial charge in [0.05, 0.1) is 17.1 Å². The molecule has 7 heteroatoms. The molecule has 23 heavy (non-hydrogen) atoms. The molecule has 1 aliphatic heterocycles. The van der Waals surface area contributed by atoms with E-state index in [1.54, 1.807) is 19.9 Å². The van der Waals surface area contributed by atoms with E-state index in [0.717, 1.165) is 18.8 Å². The summed E-state index contributed by atoms with van der Waals surface area (Å²) in [7, 11) is -3.64. The lowest BCUT2D eigenvalue weighted by atomic mass is 10.1. The van der Waals surface area contributed by atoms with Crippen molar-refractivity contribution in [2.75, 3.05) is 22.7 Å². The van der Waals surface area contributed by atoms with Gasteiger partial charge in [0.1, 0.15) is 4.90 Å². The van der Waals surface area contributed by atoms with Gasteiger partial charge in [0.15, 0.2) is 0 Å². The zero-order valence-corrected chi connectivity index (χ0v) is 14.3. The topological polar surface area (TPSA) is 78.1 Å². The highest BCUT2D eigenvalue weighted by Gasteiger charge is 2.22. The SMILES string of the molecule is Cc1n[nH]c(C)c1S(=O)(=O)Nc1cccc(N2CCCCC2)c1. The molecule has 1 aliphatic rings. The Morgan fingerprint density at radius 3 is 2.57 bits per heavy atom. The van der Waals surface area contributed by atoms with Crippen LogP contribution in [-0.2, 0) is 10.0 Å². The van der Waals surface area contributed by atoms with Gasteiger partial charge in [-0.05, 0) is 51.3 Å². The summed E-state index contributed by atoms with van der Waals surface area (Å²) in [4.78, 5) is 2.52. The van der Waals surface area contributed by atoms with Crippen molar-refractivity contribution in [3.05, 3.63) is 35.7 Å². The van der Waals surface area contributed by atoms with Gasteiger partial charge in [0.2, 0.25) is 0 Å². The van der Waals surface area contributed by atoms with Gasteiger partial charge < -0.3 is 4.90 Å². The summed E-state index contributed by atoms with van der Waals surface area (Å²) in [6.45, 7) is 5.44. The third-order valence-electron chi connectivity index (χ3n) is 4.15. The van der Waals surface area contributed by atoms with Crippen molar-refractivity contribution in [3.63, 3.8) is 0 Å². The number of anilines is 2. The van der Waals surface area contributed by atoms with Crippen LogP contribution in [-0.4, -0.2) is 31.7 Å². The molecule has 0 bridgehead atoms. The maximum Gasteiger partial charge on any atom is 0.265 e. The lowest BCUT2D eigenvalue weighted by molar-refractivity contribution is 0.578. The molecule has 1 saturated heterocycles. The molecule has 0 aliphatic carbocycles. The predicted octanol–water partition coefficient (Wildman–Crippen LogP) is 2.82. The zero-order valence-electron chi connectivity index (χ0n) is 13.5. The number of aromatic amines is 1. The fourth-order valence-electron chi connectivity index (χ4n) is 3.06. The Kier molecular flexibility index (Phi) is 4.30. The molecule has 0 saturated carbocycles. The minimum absolute atomic E-state index is 0.223. The molecule has 1 aromatic carbocycles. The standard InChI is InChI=1S/C16H22N4O2S/c1-12-16(13(2)18-17-12)23(21,22)19-14-7-6-8-15(11-14)20-9-4-3-5-10-20/h6-8,11,19H,3-5,9-10H2,1-2H3,(H,17,18). The van der Waals surface area contributed by atoms with Crippen LogP contribution in [0.2, 0.25) is 0 Å². The lowest BCUT2D eigenvalue weighted by Crippen LogP contribution is -2.29. The number of aryl methyl sites for hydroxylation is 2. The van der Waals surface area contributed by atoms with Gasteiger partial charge in [-0.1, -0.05) is 6.07 Å². The number of rotatable bonds is 4. The summed E-state index contributed by atoms with van der Waals surface area (Å²) < 4.78 is 27.9. The summed E-state index contributed by atoms with van der Waals surface area (Å²) in [6, 6.07) is 7.58. The number of nitrogens with zero attached hydrogens (tertiary/aromatic N) is 2. The van der Waals surface area contributed by atoms with Gasteiger partial charge in [-0.15, -0.1) is 0 Å². The number of H-pyrrole nitrogens is 1. The first-order valence-corrected chi connectivity index (χ1v) is 9.35. The second kappa shape index (κ2) is 6.23. The van der Waals surface area contributed by atoms with Crippen molar-refractivity contribution in [2.45, 2.75) is 38.0 Å². The van der Waals surface area contributed by atoms with Gasteiger partial charge in [-0.25, -0.2) is 8.42 Å². The number of aromatic nitrogens is 2. The molecular formula is C16H22N4O2S. The minimum Gasteiger partial charge on any atom is -0.371 e. The summed E-state index contributed by atoms with van der Waals surface area (Å²) >= 11 is 0. The van der Waals surface area contributed by atoms with E-state index in [1.165, 1.54) is 19.3 Å². The molecule has 0 radical (unpaired) electrons. The molecule has 0 spiro atoms. The Labute approximate surface area is 137 Å². The highest BCUT2D eigenvalue weighted by atomic mass is 32.2. The fourth-order valence-corrected chi connectivity index (χ4v) is 4.48. The van der Waals surface area contributed by atoms with E-state index < -0.39 is 10.0 Å². The monoisotopic (exact) mass is 334 g/mol. The molecule has 0 unspecified atom stereocenters. The molecule has 1 aromatic heterocycles. The summed E-state index contributed by atoms with van der Waals surface area (Å²) in [5, 5.41) is 6.68. The number of nitrogens with one attached hydrogen (secondary N) is 2. The van der Waals surface area contributed by atoms with Crippen molar-refractivity contribution in [1.29, 1.82) is 0 Å². The lowest BCUT2D eigenvalue weighted by Gasteiger charge is -2.29. The minimum atomic E-state index is -3.64. The maximum atomic E-state index is 12.6. The van der Waals surface area contributed by atoms with E-state index in [0.29, 0.717) is 17.1 Å². The Bertz CT molecular complexity index is 773. The molecule has 3 rings (SSSR count). The first-order valence-electron chi connectivity index (χ1n) is 7.87. The van der Waals surface area contributed by atoms with Crippen LogP contribution in [0.3, 0.4) is 0 Å². The highest BCUT2D eigenvalue weighted by Crippen LogP contribution is 2.26. The van der Waals surface area contributed by atoms with Crippen molar-refractivity contribution in [2.24, 2.45) is 0 Å². The van der Waals surface area contributed by atoms with E-state index in [4.69, 9.17) is 0 Å². The summed E-state index contributed by atoms with van der Waals surface area (Å²) in [5.41, 5.74) is 2.66. The van der Waals surface area contributed by atoms with E-state index in [1.807, 2.05) is 18.2 Å². The predicted molar refractivity (Wildman–Crippen MR) is 91.4 cm³/mol. The maximum absolute atomic E-state index is 12.6. The van der Waals surface area contributed by atoms with Gasteiger partial charge in [-0.3, -0.25) is 9.82 Å². The van der Waals surface area contributed by atoms with Crippen LogP contribution in [0, 0.1) is 13.8 Å². The third-order valence-corrected chi connectivity index (χ3v) is 5.79. The third kappa shape index (κ3) is 3.34. The molecule has 2 heterocycles. The summed E-state index contributed by atoms with van der Waals surface area (Å²) in [5.74, 6) is 0. The highest BCUT2D eigenvalue weighted by molar-refractivity contribution is 7.92. The smallest absolute Gasteiger partial charge is 0.265 e. The van der Waals surface area contributed by atoms with Crippen LogP contribution in [0.5, 0.6) is 0 Å². The van der Waals surface area contributed by atoms with E-state index >= 15 is 0 Å². The zero-order chi connectivity index (χ0) is 16.4. The van der Waals surface area contributed by atoms with Crippen LogP contribution >= 0.6 is 0 Å². The second-order valence-electron chi connectivity index (χ2n) is 5.97. The van der Waals surface area contributed by atoms with Crippen LogP contribution < -0.4 is 9.62 Å². The number of hydrogen-bond acceptors (Lipinski definition) is 4. The van der Waals surface area contributed by atoms with E-state index in [-0.39, 0.29) is 4.90 Å². The molecular weight excluding hydrogens is 312 g/mol. The molecule has 124 valence electrons. The molecule has 0 amide bonds. The molecule has 2 aromatic rings.